The third kappa shape index (κ3) is 6.00. The largest absolute Gasteiger partial charge is 0.398 e. The summed E-state index contributed by atoms with van der Waals surface area (Å²) in [6, 6.07) is 25.5. The lowest BCUT2D eigenvalue weighted by Crippen LogP contribution is -2.25. The van der Waals surface area contributed by atoms with Crippen molar-refractivity contribution >= 4 is 43.6 Å². The second kappa shape index (κ2) is 12.1. The number of hydrogen-bond donors (Lipinski definition) is 3. The third-order valence-corrected chi connectivity index (χ3v) is 8.13. The summed E-state index contributed by atoms with van der Waals surface area (Å²) in [6.45, 7) is 6.24. The van der Waals surface area contributed by atoms with Crippen molar-refractivity contribution < 1.29 is 8.42 Å². The number of hydrogen-bond acceptors (Lipinski definition) is 5. The van der Waals surface area contributed by atoms with E-state index in [-0.39, 0.29) is 10.6 Å². The fourth-order valence-electron chi connectivity index (χ4n) is 4.63. The molecule has 0 saturated carbocycles. The van der Waals surface area contributed by atoms with Crippen molar-refractivity contribution in [3.63, 3.8) is 0 Å². The molecule has 38 heavy (non-hydrogen) atoms. The zero-order valence-corrected chi connectivity index (χ0v) is 22.9. The first-order chi connectivity index (χ1) is 18.4. The zero-order chi connectivity index (χ0) is 27.1. The maximum absolute atomic E-state index is 13.7. The van der Waals surface area contributed by atoms with E-state index in [1.165, 1.54) is 0 Å². The highest BCUT2D eigenvalue weighted by molar-refractivity contribution is 7.93. The van der Waals surface area contributed by atoms with Gasteiger partial charge in [0.05, 0.1) is 10.6 Å². The Morgan fingerprint density at radius 1 is 0.842 bits per heavy atom. The van der Waals surface area contributed by atoms with Crippen LogP contribution in [0.3, 0.4) is 0 Å². The number of fused-ring (bicyclic) bond motifs is 1. The quantitative estimate of drug-likeness (QED) is 0.136. The van der Waals surface area contributed by atoms with Gasteiger partial charge in [-0.1, -0.05) is 81.3 Å². The first kappa shape index (κ1) is 27.2. The smallest absolute Gasteiger partial charge is 0.262 e. The van der Waals surface area contributed by atoms with Crippen LogP contribution < -0.4 is 15.4 Å². The number of anilines is 3. The molecule has 0 heterocycles. The van der Waals surface area contributed by atoms with Gasteiger partial charge in [0.2, 0.25) is 0 Å². The molecule has 0 aliphatic carbocycles. The molecule has 0 unspecified atom stereocenters. The van der Waals surface area contributed by atoms with Crippen molar-refractivity contribution in [1.29, 1.82) is 5.41 Å². The number of nitrogens with one attached hydrogen (secondary N) is 2. The molecule has 0 amide bonds. The molecule has 0 fully saturated rings. The van der Waals surface area contributed by atoms with Crippen LogP contribution in [0.1, 0.15) is 50.7 Å². The molecule has 0 bridgehead atoms. The molecular weight excluding hydrogens is 492 g/mol. The van der Waals surface area contributed by atoms with E-state index >= 15 is 0 Å². The molecule has 4 N–H and O–H groups in total. The summed E-state index contributed by atoms with van der Waals surface area (Å²) in [5, 5.41) is 10.2. The lowest BCUT2D eigenvalue weighted by Gasteiger charge is -2.26. The van der Waals surface area contributed by atoms with Crippen molar-refractivity contribution in [2.75, 3.05) is 28.4 Å². The molecule has 198 valence electrons. The molecule has 0 aromatic heterocycles. The van der Waals surface area contributed by atoms with Gasteiger partial charge in [-0.2, -0.15) is 0 Å². The maximum Gasteiger partial charge on any atom is 0.262 e. The van der Waals surface area contributed by atoms with Crippen LogP contribution in [-0.4, -0.2) is 27.2 Å². The van der Waals surface area contributed by atoms with Crippen LogP contribution in [0.15, 0.2) is 89.8 Å². The molecule has 0 spiro atoms. The van der Waals surface area contributed by atoms with Crippen LogP contribution in [0.2, 0.25) is 0 Å². The Morgan fingerprint density at radius 2 is 1.50 bits per heavy atom. The minimum atomic E-state index is -3.92. The van der Waals surface area contributed by atoms with Gasteiger partial charge in [-0.05, 0) is 43.2 Å². The van der Waals surface area contributed by atoms with Crippen LogP contribution in [0.4, 0.5) is 17.1 Å². The van der Waals surface area contributed by atoms with Gasteiger partial charge in [-0.25, -0.2) is 8.42 Å². The lowest BCUT2D eigenvalue weighted by molar-refractivity contribution is 0.602. The topological polar surface area (TPSA) is 99.3 Å². The van der Waals surface area contributed by atoms with Gasteiger partial charge in [-0.3, -0.25) is 10.1 Å². The van der Waals surface area contributed by atoms with Gasteiger partial charge in [0.1, 0.15) is 0 Å². The highest BCUT2D eigenvalue weighted by atomic mass is 32.2. The lowest BCUT2D eigenvalue weighted by atomic mass is 10.0. The number of nitrogens with zero attached hydrogens (tertiary/aromatic N) is 1. The maximum atomic E-state index is 13.7. The predicted molar refractivity (Wildman–Crippen MR) is 160 cm³/mol. The van der Waals surface area contributed by atoms with Crippen molar-refractivity contribution in [2.24, 2.45) is 0 Å². The molecule has 6 nitrogen and oxygen atoms in total. The number of nitrogens with two attached hydrogens (primary N) is 1. The molecule has 0 atom stereocenters. The van der Waals surface area contributed by atoms with E-state index in [2.05, 4.69) is 29.5 Å². The Balaban J connectivity index is 1.70. The molecule has 0 aliphatic rings. The predicted octanol–water partition coefficient (Wildman–Crippen LogP) is 7.05. The van der Waals surface area contributed by atoms with Gasteiger partial charge >= 0.3 is 0 Å². The highest BCUT2D eigenvalue weighted by Gasteiger charge is 2.20. The Morgan fingerprint density at radius 3 is 2.18 bits per heavy atom. The third-order valence-electron chi connectivity index (χ3n) is 6.69. The minimum absolute atomic E-state index is 0.222. The average Bonchev–Trinajstić information content (AvgIpc) is 2.93. The van der Waals surface area contributed by atoms with Gasteiger partial charge in [0, 0.05) is 52.1 Å². The summed E-state index contributed by atoms with van der Waals surface area (Å²) in [5.74, 6) is 0. The van der Waals surface area contributed by atoms with Crippen LogP contribution in [0.25, 0.3) is 10.8 Å². The van der Waals surface area contributed by atoms with E-state index < -0.39 is 10.0 Å². The summed E-state index contributed by atoms with van der Waals surface area (Å²) >= 11 is 0. The Bertz CT molecular complexity index is 1510. The number of sulfonamides is 1. The normalized spacial score (nSPS) is 11.4. The molecule has 0 radical (unpaired) electrons. The number of unbranched alkanes of at least 4 members (excludes halogenated alkanes) is 2. The second-order valence-corrected chi connectivity index (χ2v) is 11.1. The summed E-state index contributed by atoms with van der Waals surface area (Å²) < 4.78 is 30.1. The van der Waals surface area contributed by atoms with Crippen molar-refractivity contribution in [2.45, 2.75) is 44.4 Å². The summed E-state index contributed by atoms with van der Waals surface area (Å²) in [7, 11) is -3.92. The SMILES string of the molecule is CCCCN(CCCC)c1cccc2c(S(=O)(=O)Nc3ccc(N)c(C(=N)c4ccccc4)c3)cccc12. The summed E-state index contributed by atoms with van der Waals surface area (Å²) in [4.78, 5) is 2.60. The Hall–Kier alpha value is -3.84. The van der Waals surface area contributed by atoms with E-state index in [4.69, 9.17) is 11.1 Å². The molecule has 0 saturated heterocycles. The minimum Gasteiger partial charge on any atom is -0.398 e. The highest BCUT2D eigenvalue weighted by Crippen LogP contribution is 2.33. The Kier molecular flexibility index (Phi) is 8.69. The monoisotopic (exact) mass is 528 g/mol. The number of benzene rings is 4. The van der Waals surface area contributed by atoms with Crippen molar-refractivity contribution in [3.8, 4) is 0 Å². The standard InChI is InChI=1S/C31H36N4O2S/c1-3-5-20-35(21-6-4-2)29-16-10-15-26-25(29)14-11-17-30(26)38(36,37)34-24-18-19-28(32)27(22-24)31(33)23-12-8-7-9-13-23/h7-19,22,33-34H,3-6,20-21,32H2,1-2H3. The first-order valence-corrected chi connectivity index (χ1v) is 14.7. The van der Waals surface area contributed by atoms with E-state index in [0.29, 0.717) is 27.9 Å². The first-order valence-electron chi connectivity index (χ1n) is 13.2. The molecule has 0 aliphatic heterocycles. The Labute approximate surface area is 226 Å². The summed E-state index contributed by atoms with van der Waals surface area (Å²) in [5.41, 5.74) is 9.41. The van der Waals surface area contributed by atoms with Crippen molar-refractivity contribution in [3.05, 3.63) is 96.1 Å². The van der Waals surface area contributed by atoms with Gasteiger partial charge in [0.15, 0.2) is 0 Å². The number of nitrogen functional groups attached to an aromatic ring is 1. The molecule has 4 aromatic carbocycles. The van der Waals surface area contributed by atoms with E-state index in [1.807, 2.05) is 48.5 Å². The van der Waals surface area contributed by atoms with Gasteiger partial charge in [-0.15, -0.1) is 0 Å². The fourth-order valence-corrected chi connectivity index (χ4v) is 5.90. The van der Waals surface area contributed by atoms with E-state index in [9.17, 15) is 8.42 Å². The molecule has 4 rings (SSSR count). The second-order valence-electron chi connectivity index (χ2n) is 9.47. The van der Waals surface area contributed by atoms with E-state index in [1.54, 1.807) is 30.3 Å². The summed E-state index contributed by atoms with van der Waals surface area (Å²) in [6.07, 6.45) is 4.36. The molecular formula is C31H36N4O2S. The van der Waals surface area contributed by atoms with Crippen LogP contribution in [0, 0.1) is 5.41 Å². The van der Waals surface area contributed by atoms with Crippen LogP contribution >= 0.6 is 0 Å². The van der Waals surface area contributed by atoms with Crippen LogP contribution in [-0.2, 0) is 10.0 Å². The van der Waals surface area contributed by atoms with Gasteiger partial charge in [0.25, 0.3) is 10.0 Å². The average molecular weight is 529 g/mol. The fraction of sp³-hybridized carbons (Fsp3) is 0.258. The van der Waals surface area contributed by atoms with Crippen molar-refractivity contribution in [1.82, 2.24) is 0 Å². The number of rotatable bonds is 12. The molecule has 4 aromatic rings. The van der Waals surface area contributed by atoms with E-state index in [0.717, 1.165) is 49.8 Å². The van der Waals surface area contributed by atoms with Gasteiger partial charge < -0.3 is 10.6 Å². The zero-order valence-electron chi connectivity index (χ0n) is 22.1. The molecule has 7 heteroatoms. The van der Waals surface area contributed by atoms with Crippen LogP contribution in [0.5, 0.6) is 0 Å².